The molecule has 0 aromatic carbocycles. The highest BCUT2D eigenvalue weighted by Crippen LogP contribution is 2.27. The standard InChI is InChI=1S/C10H18ClN/c1-6-8(10(2,3)4)7-9(11)12-5/h7H,6H2,1-5H3/b8-7+,12-9?. The molecule has 0 spiro atoms. The zero-order valence-electron chi connectivity index (χ0n) is 8.61. The van der Waals surface area contributed by atoms with Crippen molar-refractivity contribution in [2.75, 3.05) is 7.05 Å². The Kier molecular flexibility index (Phi) is 4.54. The molecule has 1 nitrogen and oxygen atoms in total. The van der Waals surface area contributed by atoms with Crippen molar-refractivity contribution in [2.45, 2.75) is 34.1 Å². The van der Waals surface area contributed by atoms with Gasteiger partial charge in [0, 0.05) is 7.05 Å². The van der Waals surface area contributed by atoms with Gasteiger partial charge < -0.3 is 0 Å². The highest BCUT2D eigenvalue weighted by Gasteiger charge is 2.15. The molecule has 2 heteroatoms. The summed E-state index contributed by atoms with van der Waals surface area (Å²) in [5.41, 5.74) is 1.53. The molecule has 0 unspecified atom stereocenters. The summed E-state index contributed by atoms with van der Waals surface area (Å²) >= 11 is 5.82. The lowest BCUT2D eigenvalue weighted by Gasteiger charge is -2.21. The maximum Gasteiger partial charge on any atom is 0.123 e. The summed E-state index contributed by atoms with van der Waals surface area (Å²) in [6.45, 7) is 8.68. The SMILES string of the molecule is CC/C(=C\C(Cl)=NC)C(C)(C)C. The van der Waals surface area contributed by atoms with Crippen molar-refractivity contribution in [1.29, 1.82) is 0 Å². The molecule has 0 aliphatic carbocycles. The quantitative estimate of drug-likeness (QED) is 0.586. The fourth-order valence-electron chi connectivity index (χ4n) is 1.06. The number of halogens is 1. The minimum absolute atomic E-state index is 0.194. The van der Waals surface area contributed by atoms with Gasteiger partial charge in [0.15, 0.2) is 0 Å². The lowest BCUT2D eigenvalue weighted by atomic mass is 9.85. The molecule has 0 saturated heterocycles. The molecular weight excluding hydrogens is 170 g/mol. The second kappa shape index (κ2) is 4.66. The molecule has 0 radical (unpaired) electrons. The van der Waals surface area contributed by atoms with E-state index in [0.717, 1.165) is 6.42 Å². The van der Waals surface area contributed by atoms with Crippen molar-refractivity contribution in [3.63, 3.8) is 0 Å². The number of hydrogen-bond acceptors (Lipinski definition) is 1. The van der Waals surface area contributed by atoms with Crippen LogP contribution in [-0.2, 0) is 0 Å². The van der Waals surface area contributed by atoms with Crippen LogP contribution in [0.15, 0.2) is 16.6 Å². The Morgan fingerprint density at radius 2 is 1.92 bits per heavy atom. The van der Waals surface area contributed by atoms with E-state index >= 15 is 0 Å². The minimum Gasteiger partial charge on any atom is -0.277 e. The van der Waals surface area contributed by atoms with Crippen LogP contribution in [0.3, 0.4) is 0 Å². The van der Waals surface area contributed by atoms with E-state index in [1.807, 2.05) is 6.08 Å². The van der Waals surface area contributed by atoms with Crippen LogP contribution < -0.4 is 0 Å². The maximum atomic E-state index is 5.82. The summed E-state index contributed by atoms with van der Waals surface area (Å²) in [6, 6.07) is 0. The van der Waals surface area contributed by atoms with Crippen molar-refractivity contribution < 1.29 is 0 Å². The third-order valence-electron chi connectivity index (χ3n) is 1.85. The van der Waals surface area contributed by atoms with Gasteiger partial charge in [-0.05, 0) is 17.9 Å². The Labute approximate surface area is 80.5 Å². The van der Waals surface area contributed by atoms with Crippen LogP contribution in [0.1, 0.15) is 34.1 Å². The van der Waals surface area contributed by atoms with Gasteiger partial charge in [-0.2, -0.15) is 0 Å². The Bertz CT molecular complexity index is 196. The summed E-state index contributed by atoms with van der Waals surface area (Å²) in [6.07, 6.45) is 2.98. The molecule has 70 valence electrons. The van der Waals surface area contributed by atoms with Gasteiger partial charge in [0.1, 0.15) is 5.17 Å². The second-order valence-corrected chi connectivity index (χ2v) is 4.21. The van der Waals surface area contributed by atoms with Crippen molar-refractivity contribution in [1.82, 2.24) is 0 Å². The minimum atomic E-state index is 0.194. The largest absolute Gasteiger partial charge is 0.277 e. The van der Waals surface area contributed by atoms with Crippen molar-refractivity contribution in [3.8, 4) is 0 Å². The molecule has 0 fully saturated rings. The Balaban J connectivity index is 4.68. The van der Waals surface area contributed by atoms with E-state index in [4.69, 9.17) is 11.6 Å². The maximum absolute atomic E-state index is 5.82. The normalized spacial score (nSPS) is 15.2. The van der Waals surface area contributed by atoms with E-state index in [1.165, 1.54) is 5.57 Å². The number of hydrogen-bond donors (Lipinski definition) is 0. The topological polar surface area (TPSA) is 12.4 Å². The van der Waals surface area contributed by atoms with Gasteiger partial charge in [-0.3, -0.25) is 4.99 Å². The van der Waals surface area contributed by atoms with Crippen molar-refractivity contribution >= 4 is 16.8 Å². The van der Waals surface area contributed by atoms with E-state index in [9.17, 15) is 0 Å². The van der Waals surface area contributed by atoms with Crippen molar-refractivity contribution in [3.05, 3.63) is 11.6 Å². The Morgan fingerprint density at radius 1 is 1.42 bits per heavy atom. The van der Waals surface area contributed by atoms with E-state index in [2.05, 4.69) is 32.7 Å². The molecule has 0 bridgehead atoms. The summed E-state index contributed by atoms with van der Waals surface area (Å²) in [5.74, 6) is 0. The summed E-state index contributed by atoms with van der Waals surface area (Å²) in [4.78, 5) is 3.90. The van der Waals surface area contributed by atoms with Crippen LogP contribution in [0.25, 0.3) is 0 Å². The van der Waals surface area contributed by atoms with Crippen LogP contribution in [0.5, 0.6) is 0 Å². The highest BCUT2D eigenvalue weighted by atomic mass is 35.5. The Morgan fingerprint density at radius 3 is 2.17 bits per heavy atom. The lowest BCUT2D eigenvalue weighted by molar-refractivity contribution is 0.489. The highest BCUT2D eigenvalue weighted by molar-refractivity contribution is 6.68. The zero-order chi connectivity index (χ0) is 9.78. The average Bonchev–Trinajstić information content (AvgIpc) is 1.97. The molecule has 0 aromatic rings. The van der Waals surface area contributed by atoms with E-state index in [1.54, 1.807) is 7.05 Å². The van der Waals surface area contributed by atoms with Gasteiger partial charge in [-0.15, -0.1) is 0 Å². The second-order valence-electron chi connectivity index (χ2n) is 3.82. The van der Waals surface area contributed by atoms with Crippen LogP contribution in [-0.4, -0.2) is 12.2 Å². The molecular formula is C10H18ClN. The number of rotatable bonds is 2. The van der Waals surface area contributed by atoms with E-state index < -0.39 is 0 Å². The van der Waals surface area contributed by atoms with Gasteiger partial charge >= 0.3 is 0 Å². The van der Waals surface area contributed by atoms with Gasteiger partial charge in [0.2, 0.25) is 0 Å². The fraction of sp³-hybridized carbons (Fsp3) is 0.700. The number of nitrogens with zero attached hydrogens (tertiary/aromatic N) is 1. The Hall–Kier alpha value is -0.300. The first kappa shape index (κ1) is 11.7. The first-order valence-corrected chi connectivity index (χ1v) is 4.63. The van der Waals surface area contributed by atoms with Crippen LogP contribution >= 0.6 is 11.6 Å². The molecule has 0 saturated carbocycles. The first-order chi connectivity index (χ1) is 5.41. The summed E-state index contributed by atoms with van der Waals surface area (Å²) in [5, 5.41) is 0.585. The molecule has 0 aliphatic rings. The molecule has 0 N–H and O–H groups in total. The monoisotopic (exact) mass is 187 g/mol. The van der Waals surface area contributed by atoms with Gasteiger partial charge in [0.05, 0.1) is 0 Å². The predicted molar refractivity (Wildman–Crippen MR) is 57.0 cm³/mol. The van der Waals surface area contributed by atoms with Crippen LogP contribution in [0, 0.1) is 5.41 Å². The number of allylic oxidation sites excluding steroid dienone is 2. The zero-order valence-corrected chi connectivity index (χ0v) is 9.37. The molecule has 0 rings (SSSR count). The molecule has 0 aliphatic heterocycles. The number of aliphatic imine (C=N–C) groups is 1. The average molecular weight is 188 g/mol. The third kappa shape index (κ3) is 3.91. The van der Waals surface area contributed by atoms with Crippen LogP contribution in [0.4, 0.5) is 0 Å². The van der Waals surface area contributed by atoms with Crippen molar-refractivity contribution in [2.24, 2.45) is 10.4 Å². The smallest absolute Gasteiger partial charge is 0.123 e. The summed E-state index contributed by atoms with van der Waals surface area (Å²) in [7, 11) is 1.70. The predicted octanol–water partition coefficient (Wildman–Crippen LogP) is 3.64. The van der Waals surface area contributed by atoms with E-state index in [-0.39, 0.29) is 5.41 Å². The summed E-state index contributed by atoms with van der Waals surface area (Å²) < 4.78 is 0. The lowest BCUT2D eigenvalue weighted by Crippen LogP contribution is -2.09. The molecule has 0 aromatic heterocycles. The first-order valence-electron chi connectivity index (χ1n) is 4.25. The third-order valence-corrected chi connectivity index (χ3v) is 2.13. The molecule has 0 heterocycles. The molecule has 0 atom stereocenters. The van der Waals surface area contributed by atoms with Gasteiger partial charge in [-0.25, -0.2) is 0 Å². The van der Waals surface area contributed by atoms with Crippen LogP contribution in [0.2, 0.25) is 0 Å². The fourth-order valence-corrected chi connectivity index (χ4v) is 1.19. The van der Waals surface area contributed by atoms with Gasteiger partial charge in [0.25, 0.3) is 0 Å². The molecule has 0 amide bonds. The molecule has 12 heavy (non-hydrogen) atoms. The van der Waals surface area contributed by atoms with Gasteiger partial charge in [-0.1, -0.05) is 44.9 Å². The van der Waals surface area contributed by atoms with E-state index in [0.29, 0.717) is 5.17 Å².